The number of carbonyl (C=O) groups is 2. The molecule has 0 atom stereocenters. The van der Waals surface area contributed by atoms with Crippen molar-refractivity contribution in [3.8, 4) is 11.5 Å². The summed E-state index contributed by atoms with van der Waals surface area (Å²) in [5, 5.41) is 0.849. The van der Waals surface area contributed by atoms with E-state index >= 15 is 0 Å². The minimum atomic E-state index is -0.679. The second-order valence-corrected chi connectivity index (χ2v) is 6.43. The van der Waals surface area contributed by atoms with Crippen molar-refractivity contribution in [1.29, 1.82) is 0 Å². The fourth-order valence-corrected chi connectivity index (χ4v) is 2.68. The van der Waals surface area contributed by atoms with Crippen molar-refractivity contribution in [3.05, 3.63) is 57.6 Å². The highest BCUT2D eigenvalue weighted by molar-refractivity contribution is 6.42. The van der Waals surface area contributed by atoms with Gasteiger partial charge in [-0.15, -0.1) is 0 Å². The molecular weight excluding hydrogens is 393 g/mol. The number of likely N-dealkylation sites (N-methyl/N-ethyl adjacent to an activating group) is 1. The quantitative estimate of drug-likeness (QED) is 0.647. The number of ether oxygens (including phenoxy) is 3. The Hall–Kier alpha value is -2.44. The number of methoxy groups -OCH3 is 2. The molecule has 144 valence electrons. The molecule has 0 aliphatic carbocycles. The number of amides is 1. The van der Waals surface area contributed by atoms with Crippen LogP contribution in [-0.4, -0.2) is 44.7 Å². The predicted molar refractivity (Wildman–Crippen MR) is 103 cm³/mol. The Morgan fingerprint density at radius 2 is 1.78 bits per heavy atom. The molecule has 0 N–H and O–H groups in total. The van der Waals surface area contributed by atoms with Gasteiger partial charge < -0.3 is 19.1 Å². The van der Waals surface area contributed by atoms with Crippen molar-refractivity contribution in [3.63, 3.8) is 0 Å². The first-order valence-electron chi connectivity index (χ1n) is 7.93. The molecule has 0 saturated heterocycles. The highest BCUT2D eigenvalue weighted by Gasteiger charge is 2.19. The third-order valence-electron chi connectivity index (χ3n) is 3.78. The summed E-state index contributed by atoms with van der Waals surface area (Å²) in [5.74, 6) is -0.394. The van der Waals surface area contributed by atoms with Crippen LogP contribution >= 0.6 is 23.2 Å². The number of halogens is 2. The van der Waals surface area contributed by atoms with E-state index < -0.39 is 12.6 Å². The molecule has 0 aliphatic heterocycles. The van der Waals surface area contributed by atoms with Crippen LogP contribution in [-0.2, 0) is 16.1 Å². The van der Waals surface area contributed by atoms with Crippen molar-refractivity contribution in [2.45, 2.75) is 6.54 Å². The summed E-state index contributed by atoms with van der Waals surface area (Å²) in [5.41, 5.74) is 0.984. The summed E-state index contributed by atoms with van der Waals surface area (Å²) in [4.78, 5) is 26.0. The van der Waals surface area contributed by atoms with Gasteiger partial charge in [0.05, 0.1) is 24.3 Å². The van der Waals surface area contributed by atoms with Crippen LogP contribution in [0.25, 0.3) is 0 Å². The van der Waals surface area contributed by atoms with Crippen molar-refractivity contribution in [1.82, 2.24) is 4.90 Å². The summed E-state index contributed by atoms with van der Waals surface area (Å²) >= 11 is 11.9. The van der Waals surface area contributed by atoms with E-state index in [1.807, 2.05) is 0 Å². The van der Waals surface area contributed by atoms with Gasteiger partial charge >= 0.3 is 5.97 Å². The van der Waals surface area contributed by atoms with Crippen molar-refractivity contribution >= 4 is 35.1 Å². The Bertz CT molecular complexity index is 841. The van der Waals surface area contributed by atoms with Gasteiger partial charge in [0.1, 0.15) is 5.56 Å². The van der Waals surface area contributed by atoms with Crippen LogP contribution in [0.4, 0.5) is 0 Å². The van der Waals surface area contributed by atoms with Gasteiger partial charge in [0, 0.05) is 13.6 Å². The fraction of sp³-hybridized carbons (Fsp3) is 0.263. The minimum absolute atomic E-state index is 0.178. The summed E-state index contributed by atoms with van der Waals surface area (Å²) in [7, 11) is 4.49. The Morgan fingerprint density at radius 1 is 1.04 bits per heavy atom. The molecule has 0 spiro atoms. The van der Waals surface area contributed by atoms with Gasteiger partial charge in [-0.05, 0) is 29.8 Å². The molecule has 1 amide bonds. The molecule has 2 rings (SSSR count). The molecule has 0 aromatic heterocycles. The lowest BCUT2D eigenvalue weighted by Crippen LogP contribution is -2.30. The van der Waals surface area contributed by atoms with E-state index in [1.165, 1.54) is 25.2 Å². The van der Waals surface area contributed by atoms with Gasteiger partial charge in [-0.1, -0.05) is 35.3 Å². The Labute approximate surface area is 167 Å². The number of esters is 1. The van der Waals surface area contributed by atoms with Crippen LogP contribution in [0.3, 0.4) is 0 Å². The van der Waals surface area contributed by atoms with E-state index in [1.54, 1.807) is 37.4 Å². The SMILES string of the molecule is COc1cccc(C(=O)OCC(=O)N(C)Cc2ccc(Cl)c(Cl)c2)c1OC. The van der Waals surface area contributed by atoms with Gasteiger partial charge in [0.2, 0.25) is 0 Å². The van der Waals surface area contributed by atoms with Crippen molar-refractivity contribution in [2.75, 3.05) is 27.9 Å². The zero-order valence-corrected chi connectivity index (χ0v) is 16.6. The van der Waals surface area contributed by atoms with Crippen molar-refractivity contribution in [2.24, 2.45) is 0 Å². The lowest BCUT2D eigenvalue weighted by molar-refractivity contribution is -0.133. The molecule has 0 aliphatic rings. The molecule has 0 radical (unpaired) electrons. The monoisotopic (exact) mass is 411 g/mol. The molecule has 8 heteroatoms. The first kappa shape index (κ1) is 20.9. The molecule has 0 unspecified atom stereocenters. The predicted octanol–water partition coefficient (Wildman–Crippen LogP) is 3.83. The second kappa shape index (κ2) is 9.48. The fourth-order valence-electron chi connectivity index (χ4n) is 2.36. The number of nitrogens with zero attached hydrogens (tertiary/aromatic N) is 1. The Kier molecular flexibility index (Phi) is 7.33. The molecule has 6 nitrogen and oxygen atoms in total. The number of benzene rings is 2. The molecule has 27 heavy (non-hydrogen) atoms. The molecule has 0 heterocycles. The largest absolute Gasteiger partial charge is 0.493 e. The van der Waals surface area contributed by atoms with E-state index in [4.69, 9.17) is 37.4 Å². The smallest absolute Gasteiger partial charge is 0.342 e. The minimum Gasteiger partial charge on any atom is -0.493 e. The average molecular weight is 412 g/mol. The van der Waals surface area contributed by atoms with Gasteiger partial charge in [-0.2, -0.15) is 0 Å². The maximum atomic E-state index is 12.3. The maximum absolute atomic E-state index is 12.3. The normalized spacial score (nSPS) is 10.3. The highest BCUT2D eigenvalue weighted by atomic mass is 35.5. The summed E-state index contributed by atoms with van der Waals surface area (Å²) in [6.07, 6.45) is 0. The maximum Gasteiger partial charge on any atom is 0.342 e. The topological polar surface area (TPSA) is 65.1 Å². The zero-order valence-electron chi connectivity index (χ0n) is 15.1. The van der Waals surface area contributed by atoms with Gasteiger partial charge in [0.25, 0.3) is 5.91 Å². The number of carbonyl (C=O) groups excluding carboxylic acids is 2. The lowest BCUT2D eigenvalue weighted by atomic mass is 10.2. The van der Waals surface area contributed by atoms with E-state index in [0.717, 1.165) is 5.56 Å². The summed E-state index contributed by atoms with van der Waals surface area (Å²) in [6.45, 7) is -0.104. The highest BCUT2D eigenvalue weighted by Crippen LogP contribution is 2.31. The number of para-hydroxylation sites is 1. The van der Waals surface area contributed by atoms with E-state index in [9.17, 15) is 9.59 Å². The number of hydrogen-bond acceptors (Lipinski definition) is 5. The first-order valence-corrected chi connectivity index (χ1v) is 8.69. The molecular formula is C19H19Cl2NO5. The molecule has 2 aromatic rings. The van der Waals surface area contributed by atoms with E-state index in [-0.39, 0.29) is 17.2 Å². The van der Waals surface area contributed by atoms with Crippen LogP contribution in [0.5, 0.6) is 11.5 Å². The van der Waals surface area contributed by atoms with Gasteiger partial charge in [0.15, 0.2) is 18.1 Å². The molecule has 2 aromatic carbocycles. The van der Waals surface area contributed by atoms with Gasteiger partial charge in [-0.25, -0.2) is 4.79 Å². The van der Waals surface area contributed by atoms with Crippen LogP contribution in [0.1, 0.15) is 15.9 Å². The second-order valence-electron chi connectivity index (χ2n) is 5.62. The lowest BCUT2D eigenvalue weighted by Gasteiger charge is -2.18. The van der Waals surface area contributed by atoms with E-state index in [0.29, 0.717) is 22.3 Å². The summed E-state index contributed by atoms with van der Waals surface area (Å²) in [6, 6.07) is 9.94. The third-order valence-corrected chi connectivity index (χ3v) is 4.52. The van der Waals surface area contributed by atoms with Crippen LogP contribution in [0.2, 0.25) is 10.0 Å². The molecule has 0 fully saturated rings. The standard InChI is InChI=1S/C19H19Cl2NO5/c1-22(10-12-7-8-14(20)15(21)9-12)17(23)11-27-19(24)13-5-4-6-16(25-2)18(13)26-3/h4-9H,10-11H2,1-3H3. The van der Waals surface area contributed by atoms with Crippen LogP contribution < -0.4 is 9.47 Å². The van der Waals surface area contributed by atoms with Gasteiger partial charge in [-0.3, -0.25) is 4.79 Å². The Balaban J connectivity index is 1.98. The number of rotatable bonds is 7. The summed E-state index contributed by atoms with van der Waals surface area (Å²) < 4.78 is 15.5. The molecule has 0 bridgehead atoms. The molecule has 0 saturated carbocycles. The average Bonchev–Trinajstić information content (AvgIpc) is 2.67. The third kappa shape index (κ3) is 5.28. The first-order chi connectivity index (χ1) is 12.9. The van der Waals surface area contributed by atoms with Crippen molar-refractivity contribution < 1.29 is 23.8 Å². The number of hydrogen-bond donors (Lipinski definition) is 0. The van der Waals surface area contributed by atoms with E-state index in [2.05, 4.69) is 0 Å². The van der Waals surface area contributed by atoms with Crippen LogP contribution in [0, 0.1) is 0 Å². The van der Waals surface area contributed by atoms with Crippen LogP contribution in [0.15, 0.2) is 36.4 Å². The zero-order chi connectivity index (χ0) is 20.0. The Morgan fingerprint density at radius 3 is 2.41 bits per heavy atom.